The number of aromatic nitrogens is 2. The lowest BCUT2D eigenvalue weighted by Crippen LogP contribution is -2.54. The number of hydrogen-bond acceptors (Lipinski definition) is 9. The Hall–Kier alpha value is -2.46. The number of hydrogen-bond donors (Lipinski definition) is 1. The van der Waals surface area contributed by atoms with Crippen LogP contribution in [0, 0.1) is 0 Å². The third kappa shape index (κ3) is 6.79. The van der Waals surface area contributed by atoms with Crippen LogP contribution in [0.5, 0.6) is 11.5 Å². The first-order valence-electron chi connectivity index (χ1n) is 12.1. The number of piperidine rings is 1. The molecular weight excluding hydrogens is 434 g/mol. The third-order valence-electron chi connectivity index (χ3n) is 6.44. The molecule has 1 aromatic heterocycles. The second-order valence-electron chi connectivity index (χ2n) is 9.27. The van der Waals surface area contributed by atoms with Gasteiger partial charge in [0.05, 0.1) is 32.1 Å². The van der Waals surface area contributed by atoms with E-state index in [9.17, 15) is 5.11 Å². The Morgan fingerprint density at radius 3 is 2.79 bits per heavy atom. The van der Waals surface area contributed by atoms with Crippen molar-refractivity contribution in [2.24, 2.45) is 0 Å². The van der Waals surface area contributed by atoms with E-state index in [1.54, 1.807) is 25.7 Å². The SMILES string of the molecule is COc1cc(CN(C)C[C@@]2(O)CCCN(c3cnccn3)C2)ccc1OCCN1CCOCC1. The largest absolute Gasteiger partial charge is 0.493 e. The van der Waals surface area contributed by atoms with E-state index in [-0.39, 0.29) is 0 Å². The first-order valence-corrected chi connectivity index (χ1v) is 12.1. The Morgan fingerprint density at radius 1 is 1.18 bits per heavy atom. The number of benzene rings is 1. The summed E-state index contributed by atoms with van der Waals surface area (Å²) in [7, 11) is 3.71. The number of β-amino-alcohol motifs (C(OH)–C–C–N with tert-alkyl or cyclic N) is 1. The van der Waals surface area contributed by atoms with E-state index in [2.05, 4.69) is 30.7 Å². The van der Waals surface area contributed by atoms with Crippen LogP contribution < -0.4 is 14.4 Å². The lowest BCUT2D eigenvalue weighted by molar-refractivity contribution is -0.00350. The highest BCUT2D eigenvalue weighted by Crippen LogP contribution is 2.29. The maximum Gasteiger partial charge on any atom is 0.161 e. The van der Waals surface area contributed by atoms with Gasteiger partial charge in [0.2, 0.25) is 0 Å². The van der Waals surface area contributed by atoms with E-state index < -0.39 is 5.60 Å². The fourth-order valence-corrected chi connectivity index (χ4v) is 4.80. The van der Waals surface area contributed by atoms with Crippen molar-refractivity contribution in [1.29, 1.82) is 0 Å². The molecule has 3 heterocycles. The van der Waals surface area contributed by atoms with Crippen molar-refractivity contribution in [3.63, 3.8) is 0 Å². The Bertz CT molecular complexity index is 896. The average Bonchev–Trinajstić information content (AvgIpc) is 2.85. The minimum Gasteiger partial charge on any atom is -0.493 e. The first-order chi connectivity index (χ1) is 16.5. The Kier molecular flexibility index (Phi) is 8.55. The van der Waals surface area contributed by atoms with Crippen LogP contribution in [-0.4, -0.2) is 104 Å². The molecule has 2 aromatic rings. The topological polar surface area (TPSA) is 83.4 Å². The minimum atomic E-state index is -0.794. The highest BCUT2D eigenvalue weighted by atomic mass is 16.5. The smallest absolute Gasteiger partial charge is 0.161 e. The predicted octanol–water partition coefficient (Wildman–Crippen LogP) is 1.66. The van der Waals surface area contributed by atoms with Crippen molar-refractivity contribution >= 4 is 5.82 Å². The molecule has 9 nitrogen and oxygen atoms in total. The summed E-state index contributed by atoms with van der Waals surface area (Å²) in [5, 5.41) is 11.3. The van der Waals surface area contributed by atoms with Crippen LogP contribution in [0.25, 0.3) is 0 Å². The zero-order valence-electron chi connectivity index (χ0n) is 20.4. The van der Waals surface area contributed by atoms with Gasteiger partial charge >= 0.3 is 0 Å². The van der Waals surface area contributed by atoms with Crippen LogP contribution in [0.4, 0.5) is 5.82 Å². The van der Waals surface area contributed by atoms with Crippen molar-refractivity contribution in [3.8, 4) is 11.5 Å². The molecule has 0 saturated carbocycles. The predicted molar refractivity (Wildman–Crippen MR) is 131 cm³/mol. The van der Waals surface area contributed by atoms with Crippen LogP contribution >= 0.6 is 0 Å². The molecule has 2 fully saturated rings. The van der Waals surface area contributed by atoms with Crippen LogP contribution in [-0.2, 0) is 11.3 Å². The summed E-state index contributed by atoms with van der Waals surface area (Å²) in [6.07, 6.45) is 6.81. The van der Waals surface area contributed by atoms with Crippen LogP contribution in [0.3, 0.4) is 0 Å². The van der Waals surface area contributed by atoms with E-state index in [1.807, 2.05) is 19.2 Å². The van der Waals surface area contributed by atoms with Crippen molar-refractivity contribution in [2.45, 2.75) is 25.0 Å². The molecule has 0 aliphatic carbocycles. The number of rotatable bonds is 10. The van der Waals surface area contributed by atoms with E-state index in [1.165, 1.54) is 0 Å². The van der Waals surface area contributed by atoms with Crippen LogP contribution in [0.15, 0.2) is 36.8 Å². The van der Waals surface area contributed by atoms with Crippen molar-refractivity contribution in [3.05, 3.63) is 42.4 Å². The molecule has 1 atom stereocenters. The Labute approximate surface area is 202 Å². The van der Waals surface area contributed by atoms with Gasteiger partial charge in [-0.05, 0) is 37.6 Å². The molecule has 0 unspecified atom stereocenters. The summed E-state index contributed by atoms with van der Waals surface area (Å²) < 4.78 is 17.0. The molecule has 186 valence electrons. The molecule has 2 saturated heterocycles. The zero-order chi connectivity index (χ0) is 23.8. The molecule has 2 aliphatic heterocycles. The summed E-state index contributed by atoms with van der Waals surface area (Å²) in [4.78, 5) is 15.2. The zero-order valence-corrected chi connectivity index (χ0v) is 20.4. The van der Waals surface area contributed by atoms with Gasteiger partial charge in [-0.25, -0.2) is 4.98 Å². The first kappa shape index (κ1) is 24.7. The fraction of sp³-hybridized carbons (Fsp3) is 0.600. The molecule has 9 heteroatoms. The number of aliphatic hydroxyl groups is 1. The maximum atomic E-state index is 11.3. The molecule has 34 heavy (non-hydrogen) atoms. The van der Waals surface area contributed by atoms with Gasteiger partial charge in [-0.1, -0.05) is 6.07 Å². The van der Waals surface area contributed by atoms with E-state index in [4.69, 9.17) is 14.2 Å². The summed E-state index contributed by atoms with van der Waals surface area (Å²) in [5.41, 5.74) is 0.321. The average molecular weight is 472 g/mol. The van der Waals surface area contributed by atoms with E-state index >= 15 is 0 Å². The van der Waals surface area contributed by atoms with Gasteiger partial charge in [-0.2, -0.15) is 0 Å². The summed E-state index contributed by atoms with van der Waals surface area (Å²) in [6.45, 7) is 7.69. The monoisotopic (exact) mass is 471 g/mol. The van der Waals surface area contributed by atoms with Gasteiger partial charge in [0, 0.05) is 58.2 Å². The second-order valence-corrected chi connectivity index (χ2v) is 9.27. The van der Waals surface area contributed by atoms with Gasteiger partial charge in [-0.3, -0.25) is 14.8 Å². The van der Waals surface area contributed by atoms with E-state index in [0.29, 0.717) is 26.2 Å². The van der Waals surface area contributed by atoms with Gasteiger partial charge in [-0.15, -0.1) is 0 Å². The lowest BCUT2D eigenvalue weighted by atomic mass is 9.92. The third-order valence-corrected chi connectivity index (χ3v) is 6.44. The molecule has 0 amide bonds. The number of morpholine rings is 1. The molecule has 1 aromatic carbocycles. The summed E-state index contributed by atoms with van der Waals surface area (Å²) in [5.74, 6) is 2.31. The Morgan fingerprint density at radius 2 is 2.03 bits per heavy atom. The molecule has 0 radical (unpaired) electrons. The van der Waals surface area contributed by atoms with Crippen molar-refractivity contribution in [1.82, 2.24) is 19.8 Å². The highest BCUT2D eigenvalue weighted by molar-refractivity contribution is 5.43. The quantitative estimate of drug-likeness (QED) is 0.556. The highest BCUT2D eigenvalue weighted by Gasteiger charge is 2.35. The molecular formula is C25H37N5O4. The van der Waals surface area contributed by atoms with Gasteiger partial charge in [0.1, 0.15) is 12.4 Å². The maximum absolute atomic E-state index is 11.3. The second kappa shape index (κ2) is 11.8. The number of nitrogens with zero attached hydrogens (tertiary/aromatic N) is 5. The molecule has 2 aliphatic rings. The van der Waals surface area contributed by atoms with Gasteiger partial charge in [0.25, 0.3) is 0 Å². The number of ether oxygens (including phenoxy) is 3. The van der Waals surface area contributed by atoms with Crippen molar-refractivity contribution < 1.29 is 19.3 Å². The van der Waals surface area contributed by atoms with Crippen LogP contribution in [0.2, 0.25) is 0 Å². The fourth-order valence-electron chi connectivity index (χ4n) is 4.80. The normalized spacial score (nSPS) is 21.6. The molecule has 0 spiro atoms. The minimum absolute atomic E-state index is 0.551. The van der Waals surface area contributed by atoms with Crippen molar-refractivity contribution in [2.75, 3.05) is 78.1 Å². The Balaban J connectivity index is 1.30. The van der Waals surface area contributed by atoms with Gasteiger partial charge < -0.3 is 24.2 Å². The number of likely N-dealkylation sites (N-methyl/N-ethyl adjacent to an activating group) is 1. The van der Waals surface area contributed by atoms with Gasteiger partial charge in [0.15, 0.2) is 11.5 Å². The van der Waals surface area contributed by atoms with Crippen LogP contribution in [0.1, 0.15) is 18.4 Å². The molecule has 1 N–H and O–H groups in total. The number of anilines is 1. The summed E-state index contributed by atoms with van der Waals surface area (Å²) >= 11 is 0. The standard InChI is InChI=1S/C25H37N5O4/c1-28(19-25(31)6-3-9-30(20-25)24-17-26-7-8-27-24)18-21-4-5-22(23(16-21)32-2)34-15-12-29-10-13-33-14-11-29/h4-5,7-8,16-17,31H,3,6,9-15,18-20H2,1-2H3/t25-/m0/s1. The molecule has 4 rings (SSSR count). The lowest BCUT2D eigenvalue weighted by Gasteiger charge is -2.41. The molecule has 0 bridgehead atoms. The summed E-state index contributed by atoms with van der Waals surface area (Å²) in [6, 6.07) is 6.07. The number of methoxy groups -OCH3 is 1. The van der Waals surface area contributed by atoms with E-state index in [0.717, 1.165) is 75.1 Å².